The number of carbonyl (C=O) groups is 2. The van der Waals surface area contributed by atoms with Crippen molar-refractivity contribution in [1.82, 2.24) is 19.4 Å². The lowest BCUT2D eigenvalue weighted by Crippen LogP contribution is -2.41. The van der Waals surface area contributed by atoms with Gasteiger partial charge in [0.15, 0.2) is 6.61 Å². The van der Waals surface area contributed by atoms with E-state index in [1.807, 2.05) is 82.9 Å². The molecule has 2 heterocycles. The van der Waals surface area contributed by atoms with E-state index in [1.165, 1.54) is 0 Å². The molecule has 0 saturated carbocycles. The van der Waals surface area contributed by atoms with Gasteiger partial charge in [0, 0.05) is 64.1 Å². The highest BCUT2D eigenvalue weighted by molar-refractivity contribution is 5.96. The van der Waals surface area contributed by atoms with E-state index in [1.54, 1.807) is 6.20 Å². The molecule has 0 atom stereocenters. The first kappa shape index (κ1) is 28.4. The molecule has 1 aliphatic rings. The van der Waals surface area contributed by atoms with Crippen molar-refractivity contribution in [1.29, 1.82) is 0 Å². The summed E-state index contributed by atoms with van der Waals surface area (Å²) in [6.45, 7) is 12.2. The Hall–Kier alpha value is -3.65. The van der Waals surface area contributed by atoms with Crippen molar-refractivity contribution in [3.05, 3.63) is 77.9 Å². The number of fused-ring (bicyclic) bond motifs is 1. The van der Waals surface area contributed by atoms with Gasteiger partial charge in [0.25, 0.3) is 5.91 Å². The normalized spacial score (nSPS) is 15.1. The van der Waals surface area contributed by atoms with Crippen LogP contribution in [-0.4, -0.2) is 70.0 Å². The second-order valence-corrected chi connectivity index (χ2v) is 10.4. The topological polar surface area (TPSA) is 70.9 Å². The Kier molecular flexibility index (Phi) is 9.76. The largest absolute Gasteiger partial charge is 0.484 e. The number of rotatable bonds is 7. The van der Waals surface area contributed by atoms with Gasteiger partial charge in [0.05, 0.1) is 5.69 Å². The Balaban J connectivity index is 1.60. The van der Waals surface area contributed by atoms with E-state index >= 15 is 0 Å². The fraction of sp³-hybridized carbons (Fsp3) is 0.452. The van der Waals surface area contributed by atoms with Crippen LogP contribution in [0.1, 0.15) is 43.6 Å². The number of nitrogens with zero attached hydrogens (tertiary/aromatic N) is 5. The van der Waals surface area contributed by atoms with E-state index < -0.39 is 0 Å². The van der Waals surface area contributed by atoms with Crippen LogP contribution in [0, 0.1) is 13.8 Å². The predicted octanol–water partition coefficient (Wildman–Crippen LogP) is 4.44. The number of hydrogen-bond acceptors (Lipinski definition) is 5. The van der Waals surface area contributed by atoms with Crippen LogP contribution in [0.15, 0.2) is 60.9 Å². The maximum atomic E-state index is 13.6. The molecule has 208 valence electrons. The molecule has 0 saturated heterocycles. The Labute approximate surface area is 232 Å². The molecule has 39 heavy (non-hydrogen) atoms. The third kappa shape index (κ3) is 7.47. The van der Waals surface area contributed by atoms with E-state index in [0.29, 0.717) is 44.4 Å². The molecule has 3 aromatic rings. The van der Waals surface area contributed by atoms with Crippen molar-refractivity contribution in [2.24, 2.45) is 0 Å². The van der Waals surface area contributed by atoms with Crippen molar-refractivity contribution in [3.63, 3.8) is 0 Å². The molecule has 0 bridgehead atoms. The van der Waals surface area contributed by atoms with Crippen molar-refractivity contribution in [2.75, 3.05) is 37.7 Å². The Bertz CT molecular complexity index is 1240. The van der Waals surface area contributed by atoms with E-state index in [0.717, 1.165) is 42.1 Å². The van der Waals surface area contributed by atoms with Gasteiger partial charge in [0.2, 0.25) is 5.91 Å². The molecule has 0 spiro atoms. The van der Waals surface area contributed by atoms with Gasteiger partial charge in [-0.2, -0.15) is 0 Å². The second-order valence-electron chi connectivity index (χ2n) is 10.4. The van der Waals surface area contributed by atoms with Crippen LogP contribution >= 0.6 is 0 Å². The molecule has 0 unspecified atom stereocenters. The molecule has 8 heteroatoms. The van der Waals surface area contributed by atoms with Gasteiger partial charge >= 0.3 is 0 Å². The van der Waals surface area contributed by atoms with Crippen LogP contribution in [-0.2, 0) is 22.7 Å². The number of aromatic nitrogens is 2. The van der Waals surface area contributed by atoms with Crippen LogP contribution in [0.2, 0.25) is 0 Å². The highest BCUT2D eigenvalue weighted by Crippen LogP contribution is 2.28. The number of benzene rings is 2. The third-order valence-electron chi connectivity index (χ3n) is 7.42. The zero-order chi connectivity index (χ0) is 27.8. The molecule has 2 amide bonds. The summed E-state index contributed by atoms with van der Waals surface area (Å²) in [4.78, 5) is 37.7. The first-order chi connectivity index (χ1) is 18.8. The lowest BCUT2D eigenvalue weighted by molar-refractivity contribution is -0.132. The predicted molar refractivity (Wildman–Crippen MR) is 154 cm³/mol. The first-order valence-electron chi connectivity index (χ1n) is 13.9. The molecule has 1 aliphatic heterocycles. The number of carbonyl (C=O) groups excluding carboxylic acids is 2. The van der Waals surface area contributed by atoms with Crippen LogP contribution in [0.5, 0.6) is 5.75 Å². The number of hydrogen-bond donors (Lipinski definition) is 0. The minimum absolute atomic E-state index is 0.0431. The van der Waals surface area contributed by atoms with E-state index in [4.69, 9.17) is 4.74 Å². The van der Waals surface area contributed by atoms with Gasteiger partial charge in [-0.25, -0.2) is 4.98 Å². The summed E-state index contributed by atoms with van der Waals surface area (Å²) < 4.78 is 7.86. The molecular formula is C31H41N5O3. The highest BCUT2D eigenvalue weighted by Gasteiger charge is 2.26. The van der Waals surface area contributed by atoms with E-state index in [-0.39, 0.29) is 18.4 Å². The molecule has 1 aromatic heterocycles. The first-order valence-corrected chi connectivity index (χ1v) is 13.9. The zero-order valence-corrected chi connectivity index (χ0v) is 23.7. The van der Waals surface area contributed by atoms with E-state index in [9.17, 15) is 9.59 Å². The van der Waals surface area contributed by atoms with Crippen LogP contribution < -0.4 is 9.64 Å². The maximum absolute atomic E-state index is 13.6. The summed E-state index contributed by atoms with van der Waals surface area (Å²) in [6.07, 6.45) is 4.90. The summed E-state index contributed by atoms with van der Waals surface area (Å²) in [7, 11) is 0. The average Bonchev–Trinajstić information content (AvgIpc) is 3.32. The monoisotopic (exact) mass is 531 g/mol. The third-order valence-corrected chi connectivity index (χ3v) is 7.42. The summed E-state index contributed by atoms with van der Waals surface area (Å²) in [6, 6.07) is 15.8. The van der Waals surface area contributed by atoms with Gasteiger partial charge in [-0.3, -0.25) is 14.5 Å². The quantitative estimate of drug-likeness (QED) is 0.451. The molecule has 0 radical (unpaired) electrons. The number of aryl methyl sites for hydroxylation is 3. The fourth-order valence-electron chi connectivity index (χ4n) is 5.16. The lowest BCUT2D eigenvalue weighted by atomic mass is 10.0. The molecule has 4 rings (SSSR count). The van der Waals surface area contributed by atoms with Gasteiger partial charge < -0.3 is 19.1 Å². The smallest absolute Gasteiger partial charge is 0.264 e. The van der Waals surface area contributed by atoms with Crippen molar-refractivity contribution >= 4 is 17.5 Å². The molecule has 2 aromatic carbocycles. The Morgan fingerprint density at radius 1 is 0.949 bits per heavy atom. The lowest BCUT2D eigenvalue weighted by Gasteiger charge is -2.30. The van der Waals surface area contributed by atoms with Gasteiger partial charge in [-0.15, -0.1) is 0 Å². The Morgan fingerprint density at radius 2 is 1.74 bits per heavy atom. The molecule has 8 nitrogen and oxygen atoms in total. The van der Waals surface area contributed by atoms with Crippen LogP contribution in [0.25, 0.3) is 0 Å². The number of imidazole rings is 1. The summed E-state index contributed by atoms with van der Waals surface area (Å²) in [5.74, 6) is 1.59. The molecular weight excluding hydrogens is 490 g/mol. The van der Waals surface area contributed by atoms with Gasteiger partial charge in [-0.1, -0.05) is 36.4 Å². The van der Waals surface area contributed by atoms with Gasteiger partial charge in [-0.05, 0) is 57.4 Å². The SMILES string of the molecule is Cc1cccc2c1N(C(=O)COc1ccccc1)CCCN(C(C)C)CCN(C(=O)CCn1ccnc1C)C2. The number of anilines is 1. The minimum atomic E-state index is -0.0850. The summed E-state index contributed by atoms with van der Waals surface area (Å²) >= 11 is 0. The van der Waals surface area contributed by atoms with Crippen LogP contribution in [0.4, 0.5) is 5.69 Å². The van der Waals surface area contributed by atoms with Crippen LogP contribution in [0.3, 0.4) is 0 Å². The molecule has 0 N–H and O–H groups in total. The minimum Gasteiger partial charge on any atom is -0.484 e. The standard InChI is InChI=1S/C31H41N5O3/c1-24(2)33-16-9-17-36(30(38)23-39-28-12-6-5-7-13-28)31-25(3)10-8-11-27(31)22-35(21-20-33)29(37)14-18-34-19-15-32-26(34)4/h5-8,10-13,15,19,24H,9,14,16-18,20-23H2,1-4H3. The van der Waals surface area contributed by atoms with Crippen molar-refractivity contribution in [2.45, 2.75) is 59.7 Å². The number of amides is 2. The van der Waals surface area contributed by atoms with Crippen molar-refractivity contribution < 1.29 is 14.3 Å². The molecule has 0 fully saturated rings. The Morgan fingerprint density at radius 3 is 2.46 bits per heavy atom. The number of para-hydroxylation sites is 2. The number of ether oxygens (including phenoxy) is 1. The highest BCUT2D eigenvalue weighted by atomic mass is 16.5. The molecule has 0 aliphatic carbocycles. The maximum Gasteiger partial charge on any atom is 0.264 e. The van der Waals surface area contributed by atoms with Crippen molar-refractivity contribution in [3.8, 4) is 5.75 Å². The summed E-state index contributed by atoms with van der Waals surface area (Å²) in [5, 5.41) is 0. The average molecular weight is 532 g/mol. The summed E-state index contributed by atoms with van der Waals surface area (Å²) in [5.41, 5.74) is 2.88. The fourth-order valence-corrected chi connectivity index (χ4v) is 5.16. The second kappa shape index (κ2) is 13.4. The van der Waals surface area contributed by atoms with E-state index in [2.05, 4.69) is 23.7 Å². The van der Waals surface area contributed by atoms with Gasteiger partial charge in [0.1, 0.15) is 11.6 Å². The zero-order valence-electron chi connectivity index (χ0n) is 23.7.